The lowest BCUT2D eigenvalue weighted by Gasteiger charge is -2.02. The highest BCUT2D eigenvalue weighted by Crippen LogP contribution is 2.12. The maximum absolute atomic E-state index is 8.79. The van der Waals surface area contributed by atoms with E-state index in [1.165, 1.54) is 0 Å². The van der Waals surface area contributed by atoms with Gasteiger partial charge in [-0.1, -0.05) is 6.07 Å². The summed E-state index contributed by atoms with van der Waals surface area (Å²) < 4.78 is 1.84. The van der Waals surface area contributed by atoms with Gasteiger partial charge >= 0.3 is 0 Å². The lowest BCUT2D eigenvalue weighted by Crippen LogP contribution is -2.02. The average Bonchev–Trinajstić information content (AvgIpc) is 2.51. The molecule has 4 heteroatoms. The number of fused-ring (bicyclic) bond motifs is 1. The molecule has 0 aliphatic carbocycles. The summed E-state index contributed by atoms with van der Waals surface area (Å²) in [7, 11) is 0. The molecule has 0 bridgehead atoms. The number of anilines is 1. The SMILES string of the molecule is Nc1cccc2cnc(CCO)n12. The van der Waals surface area contributed by atoms with Gasteiger partial charge in [0.2, 0.25) is 0 Å². The third kappa shape index (κ3) is 1.25. The molecule has 0 aromatic carbocycles. The normalized spacial score (nSPS) is 10.8. The van der Waals surface area contributed by atoms with Gasteiger partial charge in [-0.3, -0.25) is 4.40 Å². The highest BCUT2D eigenvalue weighted by atomic mass is 16.3. The van der Waals surface area contributed by atoms with Crippen molar-refractivity contribution in [3.05, 3.63) is 30.2 Å². The predicted octanol–water partition coefficient (Wildman–Crippen LogP) is 0.451. The second-order valence-electron chi connectivity index (χ2n) is 2.86. The molecule has 0 fully saturated rings. The summed E-state index contributed by atoms with van der Waals surface area (Å²) in [5.41, 5.74) is 6.73. The molecule has 2 heterocycles. The van der Waals surface area contributed by atoms with Crippen molar-refractivity contribution in [1.82, 2.24) is 9.38 Å². The van der Waals surface area contributed by atoms with Crippen LogP contribution in [0.3, 0.4) is 0 Å². The number of nitrogens with two attached hydrogens (primary N) is 1. The first-order valence-corrected chi connectivity index (χ1v) is 4.14. The molecule has 2 rings (SSSR count). The van der Waals surface area contributed by atoms with Crippen LogP contribution in [0.25, 0.3) is 5.52 Å². The topological polar surface area (TPSA) is 63.5 Å². The summed E-state index contributed by atoms with van der Waals surface area (Å²) in [5.74, 6) is 1.45. The second-order valence-corrected chi connectivity index (χ2v) is 2.86. The number of hydrogen-bond donors (Lipinski definition) is 2. The molecular formula is C9H11N3O. The van der Waals surface area contributed by atoms with Crippen molar-refractivity contribution >= 4 is 11.3 Å². The lowest BCUT2D eigenvalue weighted by molar-refractivity contribution is 0.296. The van der Waals surface area contributed by atoms with Crippen LogP contribution in [0, 0.1) is 0 Å². The number of hydrogen-bond acceptors (Lipinski definition) is 3. The minimum absolute atomic E-state index is 0.0907. The Morgan fingerprint density at radius 3 is 3.08 bits per heavy atom. The van der Waals surface area contributed by atoms with Crippen LogP contribution in [0.4, 0.5) is 5.82 Å². The quantitative estimate of drug-likeness (QED) is 0.700. The lowest BCUT2D eigenvalue weighted by atomic mass is 10.4. The van der Waals surface area contributed by atoms with Crippen LogP contribution in [-0.2, 0) is 6.42 Å². The summed E-state index contributed by atoms with van der Waals surface area (Å²) in [6, 6.07) is 5.63. The van der Waals surface area contributed by atoms with Crippen molar-refractivity contribution in [1.29, 1.82) is 0 Å². The first kappa shape index (κ1) is 8.07. The second kappa shape index (κ2) is 3.06. The first-order valence-electron chi connectivity index (χ1n) is 4.14. The highest BCUT2D eigenvalue weighted by Gasteiger charge is 2.03. The van der Waals surface area contributed by atoms with E-state index in [1.54, 1.807) is 6.20 Å². The fourth-order valence-corrected chi connectivity index (χ4v) is 1.42. The number of nitrogens with zero attached hydrogens (tertiary/aromatic N) is 2. The number of aliphatic hydroxyl groups is 1. The van der Waals surface area contributed by atoms with Crippen molar-refractivity contribution in [2.75, 3.05) is 12.3 Å². The van der Waals surface area contributed by atoms with Crippen molar-refractivity contribution in [3.8, 4) is 0 Å². The molecule has 0 saturated heterocycles. The Morgan fingerprint density at radius 2 is 2.31 bits per heavy atom. The summed E-state index contributed by atoms with van der Waals surface area (Å²) in [4.78, 5) is 4.17. The fourth-order valence-electron chi connectivity index (χ4n) is 1.42. The van der Waals surface area contributed by atoms with Gasteiger partial charge in [-0.05, 0) is 12.1 Å². The number of aliphatic hydroxyl groups excluding tert-OH is 1. The third-order valence-electron chi connectivity index (χ3n) is 1.99. The number of imidazole rings is 1. The van der Waals surface area contributed by atoms with Crippen molar-refractivity contribution < 1.29 is 5.11 Å². The smallest absolute Gasteiger partial charge is 0.117 e. The molecule has 0 amide bonds. The zero-order chi connectivity index (χ0) is 9.26. The molecule has 13 heavy (non-hydrogen) atoms. The standard InChI is InChI=1S/C9H11N3O/c10-8-3-1-2-7-6-11-9(4-5-13)12(7)8/h1-3,6,13H,4-5,10H2. The Bertz CT molecular complexity index is 422. The van der Waals surface area contributed by atoms with E-state index in [2.05, 4.69) is 4.98 Å². The van der Waals surface area contributed by atoms with Gasteiger partial charge in [-0.2, -0.15) is 0 Å². The summed E-state index contributed by atoms with van der Waals surface area (Å²) >= 11 is 0. The Morgan fingerprint density at radius 1 is 1.46 bits per heavy atom. The number of nitrogen functional groups attached to an aromatic ring is 1. The van der Waals surface area contributed by atoms with Crippen LogP contribution in [0.1, 0.15) is 5.82 Å². The van der Waals surface area contributed by atoms with Gasteiger partial charge in [0.25, 0.3) is 0 Å². The van der Waals surface area contributed by atoms with E-state index >= 15 is 0 Å². The molecule has 68 valence electrons. The Labute approximate surface area is 75.6 Å². The van der Waals surface area contributed by atoms with Gasteiger partial charge in [-0.25, -0.2) is 4.98 Å². The Balaban J connectivity index is 2.64. The summed E-state index contributed by atoms with van der Waals surface area (Å²) in [6.45, 7) is 0.0907. The molecule has 0 aliphatic heterocycles. The molecule has 2 aromatic rings. The predicted molar refractivity (Wildman–Crippen MR) is 50.4 cm³/mol. The van der Waals surface area contributed by atoms with E-state index in [0.717, 1.165) is 11.3 Å². The fraction of sp³-hybridized carbons (Fsp3) is 0.222. The minimum Gasteiger partial charge on any atom is -0.396 e. The molecule has 0 aliphatic rings. The summed E-state index contributed by atoms with van der Waals surface area (Å²) in [6.07, 6.45) is 2.28. The molecule has 0 saturated carbocycles. The third-order valence-corrected chi connectivity index (χ3v) is 1.99. The minimum atomic E-state index is 0.0907. The Kier molecular flexibility index (Phi) is 1.90. The highest BCUT2D eigenvalue weighted by molar-refractivity contribution is 5.53. The zero-order valence-corrected chi connectivity index (χ0v) is 7.14. The van der Waals surface area contributed by atoms with E-state index < -0.39 is 0 Å². The van der Waals surface area contributed by atoms with E-state index in [-0.39, 0.29) is 6.61 Å². The molecule has 2 aromatic heterocycles. The van der Waals surface area contributed by atoms with Gasteiger partial charge in [0.05, 0.1) is 18.3 Å². The number of rotatable bonds is 2. The number of aromatic nitrogens is 2. The van der Waals surface area contributed by atoms with Crippen molar-refractivity contribution in [2.24, 2.45) is 0 Å². The van der Waals surface area contributed by atoms with E-state index in [1.807, 2.05) is 22.6 Å². The van der Waals surface area contributed by atoms with Gasteiger partial charge in [0.1, 0.15) is 11.6 Å². The van der Waals surface area contributed by atoms with E-state index in [9.17, 15) is 0 Å². The van der Waals surface area contributed by atoms with Crippen LogP contribution in [0.5, 0.6) is 0 Å². The van der Waals surface area contributed by atoms with Gasteiger partial charge in [0, 0.05) is 6.42 Å². The Hall–Kier alpha value is -1.55. The van der Waals surface area contributed by atoms with Crippen LogP contribution >= 0.6 is 0 Å². The van der Waals surface area contributed by atoms with Crippen LogP contribution in [0.2, 0.25) is 0 Å². The maximum Gasteiger partial charge on any atom is 0.117 e. The molecule has 0 spiro atoms. The molecule has 0 unspecified atom stereocenters. The number of pyridine rings is 1. The molecule has 0 atom stereocenters. The van der Waals surface area contributed by atoms with Crippen molar-refractivity contribution in [3.63, 3.8) is 0 Å². The zero-order valence-electron chi connectivity index (χ0n) is 7.14. The van der Waals surface area contributed by atoms with Gasteiger partial charge in [0.15, 0.2) is 0 Å². The molecular weight excluding hydrogens is 166 g/mol. The van der Waals surface area contributed by atoms with Crippen molar-refractivity contribution in [2.45, 2.75) is 6.42 Å². The average molecular weight is 177 g/mol. The van der Waals surface area contributed by atoms with E-state index in [4.69, 9.17) is 10.8 Å². The first-order chi connectivity index (χ1) is 6.33. The summed E-state index contributed by atoms with van der Waals surface area (Å²) in [5, 5.41) is 8.79. The van der Waals surface area contributed by atoms with Crippen LogP contribution in [-0.4, -0.2) is 21.1 Å². The van der Waals surface area contributed by atoms with Crippen LogP contribution in [0.15, 0.2) is 24.4 Å². The molecule has 4 nitrogen and oxygen atoms in total. The van der Waals surface area contributed by atoms with Gasteiger partial charge in [-0.15, -0.1) is 0 Å². The van der Waals surface area contributed by atoms with Gasteiger partial charge < -0.3 is 10.8 Å². The van der Waals surface area contributed by atoms with Crippen LogP contribution < -0.4 is 5.73 Å². The van der Waals surface area contributed by atoms with E-state index in [0.29, 0.717) is 12.2 Å². The molecule has 0 radical (unpaired) electrons. The maximum atomic E-state index is 8.79. The largest absolute Gasteiger partial charge is 0.396 e. The monoisotopic (exact) mass is 177 g/mol. The molecule has 3 N–H and O–H groups in total.